The maximum atomic E-state index is 12.2. The van der Waals surface area contributed by atoms with Crippen LogP contribution in [0, 0.1) is 0 Å². The first kappa shape index (κ1) is 13.9. The third-order valence-corrected chi connectivity index (χ3v) is 4.58. The number of Topliss-reactive ketones (excluding diaryl/α,β-unsaturated/α-hetero) is 1. The zero-order valence-corrected chi connectivity index (χ0v) is 12.5. The number of carbonyl (C=O) groups excluding carboxylic acids is 1. The number of hydrogen-bond donors (Lipinski definition) is 0. The summed E-state index contributed by atoms with van der Waals surface area (Å²) >= 11 is 1.56. The lowest BCUT2D eigenvalue weighted by Gasteiger charge is -2.22. The van der Waals surface area contributed by atoms with Crippen LogP contribution in [0.15, 0.2) is 35.6 Å². The smallest absolute Gasteiger partial charge is 0.185 e. The third-order valence-electron chi connectivity index (χ3n) is 3.33. The molecule has 0 saturated carbocycles. The SMILES string of the molecule is COc1ccc([C@@H]2CC(=O)c3nccnc3S2)cc1OC. The third kappa shape index (κ3) is 2.58. The molecule has 1 atom stereocenters. The predicted molar refractivity (Wildman–Crippen MR) is 79.1 cm³/mol. The van der Waals surface area contributed by atoms with Crippen molar-refractivity contribution in [2.24, 2.45) is 0 Å². The molecule has 0 N–H and O–H groups in total. The highest BCUT2D eigenvalue weighted by Crippen LogP contribution is 2.44. The number of thioether (sulfide) groups is 1. The number of carbonyl (C=O) groups is 1. The van der Waals surface area contributed by atoms with Crippen LogP contribution in [0.2, 0.25) is 0 Å². The highest BCUT2D eigenvalue weighted by atomic mass is 32.2. The molecule has 21 heavy (non-hydrogen) atoms. The number of fused-ring (bicyclic) bond motifs is 1. The average molecular weight is 302 g/mol. The molecule has 0 unspecified atom stereocenters. The molecule has 1 aliphatic rings. The van der Waals surface area contributed by atoms with Crippen molar-refractivity contribution in [2.45, 2.75) is 16.7 Å². The maximum Gasteiger partial charge on any atom is 0.185 e. The Bertz CT molecular complexity index is 690. The largest absolute Gasteiger partial charge is 0.493 e. The van der Waals surface area contributed by atoms with Gasteiger partial charge in [-0.25, -0.2) is 9.97 Å². The molecule has 0 aliphatic carbocycles. The van der Waals surface area contributed by atoms with Crippen LogP contribution in [0.3, 0.4) is 0 Å². The molecule has 5 nitrogen and oxygen atoms in total. The first-order chi connectivity index (χ1) is 10.2. The predicted octanol–water partition coefficient (Wildman–Crippen LogP) is 2.91. The Kier molecular flexibility index (Phi) is 3.79. The van der Waals surface area contributed by atoms with Crippen LogP contribution in [0.1, 0.15) is 27.7 Å². The van der Waals surface area contributed by atoms with Crippen LogP contribution in [-0.4, -0.2) is 30.0 Å². The van der Waals surface area contributed by atoms with E-state index in [4.69, 9.17) is 9.47 Å². The summed E-state index contributed by atoms with van der Waals surface area (Å²) in [6, 6.07) is 5.71. The molecule has 108 valence electrons. The van der Waals surface area contributed by atoms with Crippen molar-refractivity contribution in [3.63, 3.8) is 0 Å². The van der Waals surface area contributed by atoms with Gasteiger partial charge in [0.25, 0.3) is 0 Å². The molecule has 2 aromatic rings. The Labute approximate surface area is 126 Å². The van der Waals surface area contributed by atoms with Gasteiger partial charge in [-0.1, -0.05) is 17.8 Å². The van der Waals surface area contributed by atoms with Gasteiger partial charge in [0.15, 0.2) is 17.3 Å². The quantitative estimate of drug-likeness (QED) is 0.868. The van der Waals surface area contributed by atoms with Crippen molar-refractivity contribution in [1.82, 2.24) is 9.97 Å². The molecule has 1 aliphatic heterocycles. The Morgan fingerprint density at radius 3 is 2.67 bits per heavy atom. The number of rotatable bonds is 3. The topological polar surface area (TPSA) is 61.3 Å². The number of aromatic nitrogens is 2. The number of ether oxygens (including phenoxy) is 2. The van der Waals surface area contributed by atoms with Gasteiger partial charge in [-0.2, -0.15) is 0 Å². The van der Waals surface area contributed by atoms with Crippen LogP contribution in [0.5, 0.6) is 11.5 Å². The highest BCUT2D eigenvalue weighted by Gasteiger charge is 2.29. The van der Waals surface area contributed by atoms with Gasteiger partial charge in [0.2, 0.25) is 0 Å². The van der Waals surface area contributed by atoms with Crippen molar-refractivity contribution in [3.8, 4) is 11.5 Å². The standard InChI is InChI=1S/C15H14N2O3S/c1-19-11-4-3-9(7-12(11)20-2)13-8-10(18)14-15(21-13)17-6-5-16-14/h3-7,13H,8H2,1-2H3/t13-/m0/s1. The van der Waals surface area contributed by atoms with Crippen molar-refractivity contribution in [1.29, 1.82) is 0 Å². The van der Waals surface area contributed by atoms with E-state index in [1.54, 1.807) is 38.4 Å². The Balaban J connectivity index is 1.94. The van der Waals surface area contributed by atoms with Gasteiger partial charge in [0, 0.05) is 24.1 Å². The summed E-state index contributed by atoms with van der Waals surface area (Å²) in [5.41, 5.74) is 1.49. The number of ketones is 1. The fourth-order valence-electron chi connectivity index (χ4n) is 2.28. The molecule has 1 aromatic heterocycles. The molecule has 1 aromatic carbocycles. The van der Waals surface area contributed by atoms with Gasteiger partial charge >= 0.3 is 0 Å². The van der Waals surface area contributed by atoms with Crippen molar-refractivity contribution in [3.05, 3.63) is 41.9 Å². The van der Waals surface area contributed by atoms with Gasteiger partial charge in [-0.3, -0.25) is 4.79 Å². The molecule has 0 spiro atoms. The van der Waals surface area contributed by atoms with Gasteiger partial charge in [0.05, 0.1) is 14.2 Å². The lowest BCUT2D eigenvalue weighted by molar-refractivity contribution is 0.0970. The number of nitrogens with zero attached hydrogens (tertiary/aromatic N) is 2. The van der Waals surface area contributed by atoms with Gasteiger partial charge in [-0.15, -0.1) is 0 Å². The van der Waals surface area contributed by atoms with E-state index >= 15 is 0 Å². The fraction of sp³-hybridized carbons (Fsp3) is 0.267. The summed E-state index contributed by atoms with van der Waals surface area (Å²) in [6.07, 6.45) is 3.57. The average Bonchev–Trinajstić information content (AvgIpc) is 2.54. The van der Waals surface area contributed by atoms with E-state index in [0.717, 1.165) is 5.56 Å². The minimum atomic E-state index is 0.0153. The van der Waals surface area contributed by atoms with Gasteiger partial charge in [-0.05, 0) is 17.7 Å². The molecular formula is C15H14N2O3S. The summed E-state index contributed by atoms with van der Waals surface area (Å²) in [5.74, 6) is 1.36. The second kappa shape index (κ2) is 5.73. The van der Waals surface area contributed by atoms with E-state index in [9.17, 15) is 4.79 Å². The van der Waals surface area contributed by atoms with E-state index in [-0.39, 0.29) is 11.0 Å². The number of hydrogen-bond acceptors (Lipinski definition) is 6. The molecule has 0 radical (unpaired) electrons. The second-order valence-corrected chi connectivity index (χ2v) is 5.75. The van der Waals surface area contributed by atoms with Crippen molar-refractivity contribution in [2.75, 3.05) is 14.2 Å². The molecule has 0 amide bonds. The second-order valence-electron chi connectivity index (χ2n) is 4.56. The van der Waals surface area contributed by atoms with E-state index in [1.807, 2.05) is 18.2 Å². The zero-order valence-electron chi connectivity index (χ0n) is 11.7. The zero-order chi connectivity index (χ0) is 14.8. The van der Waals surface area contributed by atoms with Crippen molar-refractivity contribution < 1.29 is 14.3 Å². The van der Waals surface area contributed by atoms with Crippen molar-refractivity contribution >= 4 is 17.5 Å². The normalized spacial score (nSPS) is 17.2. The monoisotopic (exact) mass is 302 g/mol. The number of methoxy groups -OCH3 is 2. The summed E-state index contributed by atoms with van der Waals surface area (Å²) < 4.78 is 10.6. The Hall–Kier alpha value is -2.08. The van der Waals surface area contributed by atoms with Crippen LogP contribution in [0.25, 0.3) is 0 Å². The first-order valence-electron chi connectivity index (χ1n) is 6.45. The van der Waals surface area contributed by atoms with E-state index in [0.29, 0.717) is 28.6 Å². The maximum absolute atomic E-state index is 12.2. The van der Waals surface area contributed by atoms with Crippen LogP contribution < -0.4 is 9.47 Å². The van der Waals surface area contributed by atoms with E-state index in [1.165, 1.54) is 0 Å². The fourth-order valence-corrected chi connectivity index (χ4v) is 3.47. The van der Waals surface area contributed by atoms with Gasteiger partial charge in [0.1, 0.15) is 10.7 Å². The Morgan fingerprint density at radius 1 is 1.14 bits per heavy atom. The lowest BCUT2D eigenvalue weighted by Crippen LogP contribution is -2.15. The molecule has 0 saturated heterocycles. The molecule has 6 heteroatoms. The van der Waals surface area contributed by atoms with E-state index < -0.39 is 0 Å². The molecule has 0 bridgehead atoms. The first-order valence-corrected chi connectivity index (χ1v) is 7.33. The molecule has 2 heterocycles. The molecule has 0 fully saturated rings. The van der Waals surface area contributed by atoms with E-state index in [2.05, 4.69) is 9.97 Å². The lowest BCUT2D eigenvalue weighted by atomic mass is 10.0. The number of benzene rings is 1. The highest BCUT2D eigenvalue weighted by molar-refractivity contribution is 7.99. The molecular weight excluding hydrogens is 288 g/mol. The Morgan fingerprint density at radius 2 is 1.90 bits per heavy atom. The minimum Gasteiger partial charge on any atom is -0.493 e. The summed E-state index contributed by atoms with van der Waals surface area (Å²) in [5, 5.41) is 0.704. The van der Waals surface area contributed by atoms with Gasteiger partial charge < -0.3 is 9.47 Å². The summed E-state index contributed by atoms with van der Waals surface area (Å²) in [6.45, 7) is 0. The summed E-state index contributed by atoms with van der Waals surface area (Å²) in [4.78, 5) is 20.5. The minimum absolute atomic E-state index is 0.0153. The van der Waals surface area contributed by atoms with Crippen LogP contribution in [0.4, 0.5) is 0 Å². The molecule has 3 rings (SSSR count). The van der Waals surface area contributed by atoms with Crippen LogP contribution in [-0.2, 0) is 0 Å². The van der Waals surface area contributed by atoms with Crippen LogP contribution >= 0.6 is 11.8 Å². The summed E-state index contributed by atoms with van der Waals surface area (Å²) in [7, 11) is 3.20.